The molecule has 0 saturated carbocycles. The quantitative estimate of drug-likeness (QED) is 0.473. The summed E-state index contributed by atoms with van der Waals surface area (Å²) < 4.78 is 7.05. The van der Waals surface area contributed by atoms with Gasteiger partial charge in [0.25, 0.3) is 0 Å². The molecule has 0 spiro atoms. The predicted octanol–water partition coefficient (Wildman–Crippen LogP) is 3.86. The number of benzene rings is 2. The van der Waals surface area contributed by atoms with E-state index in [1.807, 2.05) is 59.1 Å². The molecule has 1 amide bonds. The number of carbonyl (C=O) groups is 1. The maximum Gasteiger partial charge on any atom is 0.246 e. The van der Waals surface area contributed by atoms with Crippen molar-refractivity contribution in [1.82, 2.24) is 19.9 Å². The monoisotopic (exact) mass is 421 g/mol. The summed E-state index contributed by atoms with van der Waals surface area (Å²) in [6.45, 7) is 0.363. The summed E-state index contributed by atoms with van der Waals surface area (Å²) in [4.78, 5) is 13.1. The first-order chi connectivity index (χ1) is 14.7. The molecular weight excluding hydrogens is 402 g/mol. The van der Waals surface area contributed by atoms with Crippen molar-refractivity contribution >= 4 is 28.8 Å². The Hall–Kier alpha value is -3.42. The molecule has 2 heterocycles. The van der Waals surface area contributed by atoms with Crippen LogP contribution in [0.15, 0.2) is 72.9 Å². The van der Waals surface area contributed by atoms with Gasteiger partial charge in [0.2, 0.25) is 5.91 Å². The molecule has 4 rings (SSSR count). The van der Waals surface area contributed by atoms with E-state index in [0.717, 1.165) is 11.2 Å². The van der Waals surface area contributed by atoms with E-state index in [-0.39, 0.29) is 5.91 Å². The molecule has 30 heavy (non-hydrogen) atoms. The third-order valence-electron chi connectivity index (χ3n) is 4.66. The first kappa shape index (κ1) is 19.9. The maximum atomic E-state index is 13.1. The Labute approximate surface area is 178 Å². The summed E-state index contributed by atoms with van der Waals surface area (Å²) in [6, 6.07) is 19.7. The Bertz CT molecular complexity index is 1160. The molecule has 2 aromatic heterocycles. The molecule has 2 N–H and O–H groups in total. The SMILES string of the molecule is COc1ccc(NC(=O)[C@H](NCc2nnc3ccccn23)c2ccccc2)cc1Cl. The van der Waals surface area contributed by atoms with Gasteiger partial charge in [-0.2, -0.15) is 0 Å². The molecular formula is C22H20ClN5O2. The largest absolute Gasteiger partial charge is 0.495 e. The summed E-state index contributed by atoms with van der Waals surface area (Å²) >= 11 is 6.18. The van der Waals surface area contributed by atoms with Gasteiger partial charge >= 0.3 is 0 Å². The summed E-state index contributed by atoms with van der Waals surface area (Å²) in [5.74, 6) is 1.05. The van der Waals surface area contributed by atoms with Gasteiger partial charge in [-0.1, -0.05) is 48.0 Å². The van der Waals surface area contributed by atoms with Gasteiger partial charge in [-0.25, -0.2) is 0 Å². The van der Waals surface area contributed by atoms with Crippen LogP contribution in [0.4, 0.5) is 5.69 Å². The summed E-state index contributed by atoms with van der Waals surface area (Å²) in [5, 5.41) is 15.0. The minimum atomic E-state index is -0.594. The Balaban J connectivity index is 1.55. The summed E-state index contributed by atoms with van der Waals surface area (Å²) in [6.07, 6.45) is 1.89. The number of fused-ring (bicyclic) bond motifs is 1. The minimum Gasteiger partial charge on any atom is -0.495 e. The van der Waals surface area contributed by atoms with Crippen LogP contribution >= 0.6 is 11.6 Å². The molecule has 0 aliphatic carbocycles. The zero-order chi connectivity index (χ0) is 20.9. The van der Waals surface area contributed by atoms with Crippen LogP contribution < -0.4 is 15.4 Å². The van der Waals surface area contributed by atoms with E-state index in [2.05, 4.69) is 20.8 Å². The van der Waals surface area contributed by atoms with Gasteiger partial charge in [0.05, 0.1) is 18.7 Å². The fourth-order valence-corrected chi connectivity index (χ4v) is 3.43. The lowest BCUT2D eigenvalue weighted by molar-refractivity contribution is -0.118. The van der Waals surface area contributed by atoms with Crippen molar-refractivity contribution in [2.75, 3.05) is 12.4 Å². The molecule has 0 aliphatic heterocycles. The Kier molecular flexibility index (Phi) is 5.92. The first-order valence-electron chi connectivity index (χ1n) is 9.37. The number of halogens is 1. The predicted molar refractivity (Wildman–Crippen MR) is 116 cm³/mol. The molecule has 0 aliphatic rings. The highest BCUT2D eigenvalue weighted by Crippen LogP contribution is 2.28. The van der Waals surface area contributed by atoms with E-state index < -0.39 is 6.04 Å². The molecule has 1 atom stereocenters. The standard InChI is InChI=1S/C22H20ClN5O2/c1-30-18-11-10-16(13-17(18)23)25-22(29)21(15-7-3-2-4-8-15)24-14-20-27-26-19-9-5-6-12-28(19)20/h2-13,21,24H,14H2,1H3,(H,25,29)/t21-/m1/s1. The van der Waals surface area contributed by atoms with Crippen molar-refractivity contribution in [2.24, 2.45) is 0 Å². The van der Waals surface area contributed by atoms with Gasteiger partial charge in [0.1, 0.15) is 11.8 Å². The molecule has 2 aromatic carbocycles. The highest BCUT2D eigenvalue weighted by Gasteiger charge is 2.21. The first-order valence-corrected chi connectivity index (χ1v) is 9.75. The average Bonchev–Trinajstić information content (AvgIpc) is 3.18. The van der Waals surface area contributed by atoms with E-state index in [4.69, 9.17) is 16.3 Å². The summed E-state index contributed by atoms with van der Waals surface area (Å²) in [5.41, 5.74) is 2.17. The topological polar surface area (TPSA) is 80.5 Å². The molecule has 7 nitrogen and oxygen atoms in total. The lowest BCUT2D eigenvalue weighted by Crippen LogP contribution is -2.33. The van der Waals surface area contributed by atoms with Crippen LogP contribution in [0.3, 0.4) is 0 Å². The maximum absolute atomic E-state index is 13.1. The second kappa shape index (κ2) is 8.94. The van der Waals surface area contributed by atoms with E-state index in [1.165, 1.54) is 0 Å². The van der Waals surface area contributed by atoms with Gasteiger partial charge in [-0.05, 0) is 35.9 Å². The number of rotatable bonds is 7. The van der Waals surface area contributed by atoms with Crippen LogP contribution in [0, 0.1) is 0 Å². The number of aromatic nitrogens is 3. The van der Waals surface area contributed by atoms with E-state index in [1.54, 1.807) is 25.3 Å². The average molecular weight is 422 g/mol. The lowest BCUT2D eigenvalue weighted by Gasteiger charge is -2.19. The van der Waals surface area contributed by atoms with E-state index in [0.29, 0.717) is 28.8 Å². The van der Waals surface area contributed by atoms with Crippen LogP contribution in [0.2, 0.25) is 5.02 Å². The molecule has 0 bridgehead atoms. The van der Waals surface area contributed by atoms with Crippen molar-refractivity contribution < 1.29 is 9.53 Å². The number of carbonyl (C=O) groups excluding carboxylic acids is 1. The fourth-order valence-electron chi connectivity index (χ4n) is 3.17. The fraction of sp³-hybridized carbons (Fsp3) is 0.136. The van der Waals surface area contributed by atoms with Gasteiger partial charge in [-0.3, -0.25) is 14.5 Å². The molecule has 4 aromatic rings. The Morgan fingerprint density at radius 2 is 1.90 bits per heavy atom. The van der Waals surface area contributed by atoms with Crippen LogP contribution in [-0.2, 0) is 11.3 Å². The lowest BCUT2D eigenvalue weighted by atomic mass is 10.1. The van der Waals surface area contributed by atoms with Crippen LogP contribution in [-0.4, -0.2) is 27.6 Å². The number of hydrogen-bond acceptors (Lipinski definition) is 5. The second-order valence-electron chi connectivity index (χ2n) is 6.61. The number of amides is 1. The highest BCUT2D eigenvalue weighted by atomic mass is 35.5. The van der Waals surface area contributed by atoms with Crippen LogP contribution in [0.1, 0.15) is 17.4 Å². The molecule has 0 radical (unpaired) electrons. The van der Waals surface area contributed by atoms with Gasteiger partial charge < -0.3 is 10.1 Å². The Morgan fingerprint density at radius 1 is 1.10 bits per heavy atom. The Morgan fingerprint density at radius 3 is 2.67 bits per heavy atom. The number of methoxy groups -OCH3 is 1. The van der Waals surface area contributed by atoms with Crippen molar-refractivity contribution in [3.63, 3.8) is 0 Å². The second-order valence-corrected chi connectivity index (χ2v) is 7.02. The zero-order valence-corrected chi connectivity index (χ0v) is 17.0. The molecule has 152 valence electrons. The van der Waals surface area contributed by atoms with Gasteiger partial charge in [-0.15, -0.1) is 10.2 Å². The van der Waals surface area contributed by atoms with Gasteiger partial charge in [0, 0.05) is 11.9 Å². The van der Waals surface area contributed by atoms with Crippen LogP contribution in [0.5, 0.6) is 5.75 Å². The highest BCUT2D eigenvalue weighted by molar-refractivity contribution is 6.32. The zero-order valence-electron chi connectivity index (χ0n) is 16.2. The van der Waals surface area contributed by atoms with Crippen molar-refractivity contribution in [1.29, 1.82) is 0 Å². The number of ether oxygens (including phenoxy) is 1. The molecule has 0 fully saturated rings. The third kappa shape index (κ3) is 4.27. The van der Waals surface area contributed by atoms with Crippen LogP contribution in [0.25, 0.3) is 5.65 Å². The normalized spacial score (nSPS) is 11.9. The van der Waals surface area contributed by atoms with E-state index >= 15 is 0 Å². The van der Waals surface area contributed by atoms with Crippen molar-refractivity contribution in [2.45, 2.75) is 12.6 Å². The number of hydrogen-bond donors (Lipinski definition) is 2. The van der Waals surface area contributed by atoms with Gasteiger partial charge in [0.15, 0.2) is 11.5 Å². The van der Waals surface area contributed by atoms with Crippen molar-refractivity contribution in [3.8, 4) is 5.75 Å². The molecule has 0 saturated heterocycles. The minimum absolute atomic E-state index is 0.212. The third-order valence-corrected chi connectivity index (χ3v) is 4.96. The molecule has 8 heteroatoms. The number of nitrogens with zero attached hydrogens (tertiary/aromatic N) is 3. The number of anilines is 1. The summed E-state index contributed by atoms with van der Waals surface area (Å²) in [7, 11) is 1.54. The molecule has 0 unspecified atom stereocenters. The number of nitrogens with one attached hydrogen (secondary N) is 2. The number of pyridine rings is 1. The smallest absolute Gasteiger partial charge is 0.246 e. The van der Waals surface area contributed by atoms with E-state index in [9.17, 15) is 4.79 Å². The van der Waals surface area contributed by atoms with Crippen molar-refractivity contribution in [3.05, 3.63) is 89.3 Å².